The van der Waals surface area contributed by atoms with Crippen molar-refractivity contribution in [2.24, 2.45) is 5.92 Å². The van der Waals surface area contributed by atoms with Crippen molar-refractivity contribution in [3.05, 3.63) is 17.7 Å². The molecule has 3 rings (SSSR count). The van der Waals surface area contributed by atoms with E-state index in [1.165, 1.54) is 55.3 Å². The summed E-state index contributed by atoms with van der Waals surface area (Å²) in [7, 11) is 0. The first-order valence-corrected chi connectivity index (χ1v) is 7.62. The molecule has 2 atom stereocenters. The maximum atomic E-state index is 4.71. The summed E-state index contributed by atoms with van der Waals surface area (Å²) in [5.41, 5.74) is 1.48. The second-order valence-electron chi connectivity index (χ2n) is 5.27. The third kappa shape index (κ3) is 1.90. The van der Waals surface area contributed by atoms with Gasteiger partial charge in [0.1, 0.15) is 5.82 Å². The molecule has 0 aromatic carbocycles. The van der Waals surface area contributed by atoms with Crippen molar-refractivity contribution in [1.29, 1.82) is 0 Å². The van der Waals surface area contributed by atoms with Gasteiger partial charge in [0.2, 0.25) is 0 Å². The zero-order chi connectivity index (χ0) is 11.0. The Morgan fingerprint density at radius 3 is 3.19 bits per heavy atom. The number of aromatic nitrogens is 2. The molecule has 0 N–H and O–H groups in total. The lowest BCUT2D eigenvalue weighted by atomic mass is 9.97. The van der Waals surface area contributed by atoms with Gasteiger partial charge in [-0.25, -0.2) is 4.98 Å². The molecule has 2 unspecified atom stereocenters. The van der Waals surface area contributed by atoms with Gasteiger partial charge in [-0.15, -0.1) is 0 Å². The fourth-order valence-corrected chi connectivity index (χ4v) is 4.06. The average Bonchev–Trinajstić information content (AvgIpc) is 2.73. The monoisotopic (exact) mass is 236 g/mol. The van der Waals surface area contributed by atoms with Crippen LogP contribution in [0.5, 0.6) is 0 Å². The number of fused-ring (bicyclic) bond motifs is 1. The Bertz CT molecular complexity index is 366. The second-order valence-corrected chi connectivity index (χ2v) is 6.42. The van der Waals surface area contributed by atoms with E-state index in [1.54, 1.807) is 0 Å². The van der Waals surface area contributed by atoms with E-state index in [1.807, 2.05) is 0 Å². The number of rotatable bonds is 1. The fourth-order valence-electron chi connectivity index (χ4n) is 2.93. The molecular weight excluding hydrogens is 216 g/mol. The lowest BCUT2D eigenvalue weighted by molar-refractivity contribution is 0.401. The summed E-state index contributed by atoms with van der Waals surface area (Å²) in [6.07, 6.45) is 7.40. The Hall–Kier alpha value is -0.440. The van der Waals surface area contributed by atoms with E-state index in [4.69, 9.17) is 4.98 Å². The second kappa shape index (κ2) is 4.44. The zero-order valence-corrected chi connectivity index (χ0v) is 10.8. The molecule has 0 aliphatic carbocycles. The van der Waals surface area contributed by atoms with Crippen molar-refractivity contribution in [3.63, 3.8) is 0 Å². The van der Waals surface area contributed by atoms with Crippen molar-refractivity contribution in [1.82, 2.24) is 9.55 Å². The topological polar surface area (TPSA) is 17.8 Å². The minimum atomic E-state index is 0.723. The maximum Gasteiger partial charge on any atom is 0.112 e. The largest absolute Gasteiger partial charge is 0.332 e. The van der Waals surface area contributed by atoms with Crippen LogP contribution >= 0.6 is 11.8 Å². The number of hydrogen-bond donors (Lipinski definition) is 0. The summed E-state index contributed by atoms with van der Waals surface area (Å²) in [6.45, 7) is 3.56. The number of nitrogens with zero attached hydrogens (tertiary/aromatic N) is 2. The molecule has 1 aromatic heterocycles. The summed E-state index contributed by atoms with van der Waals surface area (Å²) < 4.78 is 2.51. The first kappa shape index (κ1) is 10.7. The van der Waals surface area contributed by atoms with E-state index < -0.39 is 0 Å². The van der Waals surface area contributed by atoms with Crippen molar-refractivity contribution in [2.45, 2.75) is 45.1 Å². The number of hydrogen-bond acceptors (Lipinski definition) is 2. The quantitative estimate of drug-likeness (QED) is 0.746. The van der Waals surface area contributed by atoms with E-state index in [9.17, 15) is 0 Å². The molecule has 2 aliphatic rings. The predicted molar refractivity (Wildman–Crippen MR) is 69.0 cm³/mol. The molecule has 1 saturated heterocycles. The number of thioether (sulfide) groups is 1. The SMILES string of the molecule is CC1CCn2c(cnc2C2CCCSC2)C1. The fraction of sp³-hybridized carbons (Fsp3) is 0.769. The standard InChI is InChI=1S/C13H20N2S/c1-10-4-5-15-12(7-10)8-14-13(15)11-3-2-6-16-9-11/h8,10-11H,2-7,9H2,1H3. The normalized spacial score (nSPS) is 30.1. The highest BCUT2D eigenvalue weighted by atomic mass is 32.2. The maximum absolute atomic E-state index is 4.71. The molecule has 0 radical (unpaired) electrons. The van der Waals surface area contributed by atoms with Gasteiger partial charge in [-0.3, -0.25) is 0 Å². The van der Waals surface area contributed by atoms with Gasteiger partial charge >= 0.3 is 0 Å². The van der Waals surface area contributed by atoms with Crippen LogP contribution in [0, 0.1) is 5.92 Å². The van der Waals surface area contributed by atoms with E-state index in [0.29, 0.717) is 0 Å². The Morgan fingerprint density at radius 1 is 1.44 bits per heavy atom. The minimum absolute atomic E-state index is 0.723. The van der Waals surface area contributed by atoms with Crippen LogP contribution in [0.1, 0.15) is 43.6 Å². The highest BCUT2D eigenvalue weighted by Gasteiger charge is 2.24. The average molecular weight is 236 g/mol. The summed E-state index contributed by atoms with van der Waals surface area (Å²) >= 11 is 2.10. The Balaban J connectivity index is 1.85. The van der Waals surface area contributed by atoms with Gasteiger partial charge in [-0.2, -0.15) is 11.8 Å². The molecule has 0 saturated carbocycles. The molecule has 2 nitrogen and oxygen atoms in total. The van der Waals surface area contributed by atoms with Gasteiger partial charge in [-0.1, -0.05) is 6.92 Å². The predicted octanol–water partition coefficient (Wildman–Crippen LogP) is 3.08. The Labute approximate surface area is 102 Å². The molecule has 3 heteroatoms. The van der Waals surface area contributed by atoms with Gasteiger partial charge in [-0.05, 0) is 37.4 Å². The molecule has 2 aliphatic heterocycles. The van der Waals surface area contributed by atoms with Crippen LogP contribution in [0.15, 0.2) is 6.20 Å². The highest BCUT2D eigenvalue weighted by Crippen LogP contribution is 2.32. The van der Waals surface area contributed by atoms with Crippen molar-refractivity contribution in [3.8, 4) is 0 Å². The van der Waals surface area contributed by atoms with Crippen LogP contribution in [0.4, 0.5) is 0 Å². The van der Waals surface area contributed by atoms with Gasteiger partial charge in [0, 0.05) is 30.1 Å². The molecule has 16 heavy (non-hydrogen) atoms. The smallest absolute Gasteiger partial charge is 0.112 e. The summed E-state index contributed by atoms with van der Waals surface area (Å²) in [6, 6.07) is 0. The van der Waals surface area contributed by atoms with E-state index in [0.717, 1.165) is 11.8 Å². The van der Waals surface area contributed by atoms with Crippen LogP contribution in [0.3, 0.4) is 0 Å². The molecule has 1 aromatic rings. The van der Waals surface area contributed by atoms with Crippen molar-refractivity contribution >= 4 is 11.8 Å². The first-order chi connectivity index (χ1) is 7.84. The molecular formula is C13H20N2S. The molecule has 88 valence electrons. The van der Waals surface area contributed by atoms with Crippen LogP contribution in [-0.4, -0.2) is 21.1 Å². The highest BCUT2D eigenvalue weighted by molar-refractivity contribution is 7.99. The van der Waals surface area contributed by atoms with Crippen LogP contribution in [0.25, 0.3) is 0 Å². The summed E-state index contributed by atoms with van der Waals surface area (Å²) in [4.78, 5) is 4.71. The van der Waals surface area contributed by atoms with Gasteiger partial charge in [0.05, 0.1) is 0 Å². The van der Waals surface area contributed by atoms with Gasteiger partial charge < -0.3 is 4.57 Å². The summed E-state index contributed by atoms with van der Waals surface area (Å²) in [5, 5.41) is 0. The van der Waals surface area contributed by atoms with Crippen LogP contribution in [-0.2, 0) is 13.0 Å². The Kier molecular flexibility index (Phi) is 2.97. The van der Waals surface area contributed by atoms with Crippen LogP contribution < -0.4 is 0 Å². The minimum Gasteiger partial charge on any atom is -0.332 e. The van der Waals surface area contributed by atoms with Gasteiger partial charge in [0.25, 0.3) is 0 Å². The van der Waals surface area contributed by atoms with Crippen molar-refractivity contribution in [2.75, 3.05) is 11.5 Å². The third-order valence-electron chi connectivity index (χ3n) is 3.90. The summed E-state index contributed by atoms with van der Waals surface area (Å²) in [5.74, 6) is 5.58. The molecule has 0 spiro atoms. The van der Waals surface area contributed by atoms with E-state index in [-0.39, 0.29) is 0 Å². The zero-order valence-electron chi connectivity index (χ0n) is 9.98. The molecule has 3 heterocycles. The van der Waals surface area contributed by atoms with Crippen LogP contribution in [0.2, 0.25) is 0 Å². The molecule has 0 amide bonds. The van der Waals surface area contributed by atoms with E-state index >= 15 is 0 Å². The lowest BCUT2D eigenvalue weighted by Gasteiger charge is -2.26. The molecule has 0 bridgehead atoms. The molecule has 1 fully saturated rings. The Morgan fingerprint density at radius 2 is 2.38 bits per heavy atom. The van der Waals surface area contributed by atoms with E-state index in [2.05, 4.69) is 29.4 Å². The van der Waals surface area contributed by atoms with Crippen molar-refractivity contribution < 1.29 is 0 Å². The first-order valence-electron chi connectivity index (χ1n) is 6.46. The number of imidazole rings is 1. The van der Waals surface area contributed by atoms with Gasteiger partial charge in [0.15, 0.2) is 0 Å². The lowest BCUT2D eigenvalue weighted by Crippen LogP contribution is -2.21. The third-order valence-corrected chi connectivity index (χ3v) is 5.11.